The molecule has 1 aliphatic heterocycles. The van der Waals surface area contributed by atoms with E-state index in [1.54, 1.807) is 13.0 Å². The molecule has 0 radical (unpaired) electrons. The second-order valence-corrected chi connectivity index (χ2v) is 3.26. The Morgan fingerprint density at radius 3 is 2.25 bits per heavy atom. The van der Waals surface area contributed by atoms with Gasteiger partial charge in [-0.05, 0) is 20.8 Å². The Kier molecular flexibility index (Phi) is 4.01. The fourth-order valence-electron chi connectivity index (χ4n) is 1.20. The van der Waals surface area contributed by atoms with E-state index in [4.69, 9.17) is 4.74 Å². The van der Waals surface area contributed by atoms with E-state index in [1.807, 2.05) is 27.7 Å². The molecule has 1 heterocycles. The van der Waals surface area contributed by atoms with Crippen molar-refractivity contribution in [1.29, 1.82) is 0 Å². The largest absolute Gasteiger partial charge is 0.492 e. The smallest absolute Gasteiger partial charge is 0.162 e. The predicted molar refractivity (Wildman–Crippen MR) is 49.9 cm³/mol. The van der Waals surface area contributed by atoms with Gasteiger partial charge in [-0.2, -0.15) is 0 Å². The summed E-state index contributed by atoms with van der Waals surface area (Å²) in [4.78, 5) is 10.9. The molecule has 12 heavy (non-hydrogen) atoms. The van der Waals surface area contributed by atoms with Gasteiger partial charge in [0, 0.05) is 12.5 Å². The molecule has 0 aliphatic carbocycles. The fraction of sp³-hybridized carbons (Fsp3) is 0.700. The van der Waals surface area contributed by atoms with E-state index < -0.39 is 0 Å². The van der Waals surface area contributed by atoms with Crippen molar-refractivity contribution in [3.05, 3.63) is 11.8 Å². The SMILES string of the molecule is CC.CC1=CC(=O)CC(C)(C)O1. The minimum Gasteiger partial charge on any atom is -0.492 e. The normalized spacial score (nSPS) is 20.1. The lowest BCUT2D eigenvalue weighted by Crippen LogP contribution is -2.30. The maximum absolute atomic E-state index is 10.9. The van der Waals surface area contributed by atoms with E-state index in [1.165, 1.54) is 0 Å². The van der Waals surface area contributed by atoms with Crippen LogP contribution in [0.3, 0.4) is 0 Å². The van der Waals surface area contributed by atoms with E-state index >= 15 is 0 Å². The van der Waals surface area contributed by atoms with Crippen LogP contribution in [-0.4, -0.2) is 11.4 Å². The maximum atomic E-state index is 10.9. The molecule has 0 unspecified atom stereocenters. The summed E-state index contributed by atoms with van der Waals surface area (Å²) in [6, 6.07) is 0. The highest BCUT2D eigenvalue weighted by Crippen LogP contribution is 2.23. The summed E-state index contributed by atoms with van der Waals surface area (Å²) in [5.74, 6) is 0.884. The van der Waals surface area contributed by atoms with Crippen LogP contribution in [0, 0.1) is 0 Å². The van der Waals surface area contributed by atoms with Gasteiger partial charge in [0.05, 0.1) is 5.76 Å². The van der Waals surface area contributed by atoms with Gasteiger partial charge in [-0.3, -0.25) is 4.79 Å². The van der Waals surface area contributed by atoms with Gasteiger partial charge >= 0.3 is 0 Å². The third kappa shape index (κ3) is 3.56. The van der Waals surface area contributed by atoms with Gasteiger partial charge in [0.15, 0.2) is 5.78 Å². The lowest BCUT2D eigenvalue weighted by atomic mass is 9.99. The minimum atomic E-state index is -0.296. The molecule has 0 saturated heterocycles. The molecule has 0 saturated carbocycles. The quantitative estimate of drug-likeness (QED) is 0.558. The van der Waals surface area contributed by atoms with Crippen molar-refractivity contribution in [3.8, 4) is 0 Å². The van der Waals surface area contributed by atoms with Crippen LogP contribution in [0.1, 0.15) is 41.0 Å². The van der Waals surface area contributed by atoms with Crippen LogP contribution in [0.4, 0.5) is 0 Å². The van der Waals surface area contributed by atoms with Gasteiger partial charge in [0.2, 0.25) is 0 Å². The van der Waals surface area contributed by atoms with Crippen LogP contribution >= 0.6 is 0 Å². The fourth-order valence-corrected chi connectivity index (χ4v) is 1.20. The average Bonchev–Trinajstić information content (AvgIpc) is 1.85. The van der Waals surface area contributed by atoms with Crippen LogP contribution in [-0.2, 0) is 9.53 Å². The van der Waals surface area contributed by atoms with Gasteiger partial charge in [-0.25, -0.2) is 0 Å². The Morgan fingerprint density at radius 2 is 1.92 bits per heavy atom. The average molecular weight is 170 g/mol. The van der Waals surface area contributed by atoms with Gasteiger partial charge < -0.3 is 4.74 Å². The van der Waals surface area contributed by atoms with Crippen molar-refractivity contribution >= 4 is 5.78 Å². The lowest BCUT2D eigenvalue weighted by Gasteiger charge is -2.28. The summed E-state index contributed by atoms with van der Waals surface area (Å²) in [5, 5.41) is 0. The standard InChI is InChI=1S/C8H12O2.C2H6/c1-6-4-7(9)5-8(2,3)10-6;1-2/h4H,5H2,1-3H3;1-2H3. The van der Waals surface area contributed by atoms with Crippen molar-refractivity contribution in [3.63, 3.8) is 0 Å². The molecule has 0 bridgehead atoms. The van der Waals surface area contributed by atoms with Crippen LogP contribution in [0.5, 0.6) is 0 Å². The summed E-state index contributed by atoms with van der Waals surface area (Å²) < 4.78 is 5.38. The number of ether oxygens (including phenoxy) is 1. The van der Waals surface area contributed by atoms with Gasteiger partial charge in [-0.1, -0.05) is 13.8 Å². The molecule has 0 aromatic carbocycles. The maximum Gasteiger partial charge on any atom is 0.162 e. The van der Waals surface area contributed by atoms with E-state index in [9.17, 15) is 4.79 Å². The first-order valence-electron chi connectivity index (χ1n) is 4.40. The molecule has 0 N–H and O–H groups in total. The van der Waals surface area contributed by atoms with Crippen molar-refractivity contribution < 1.29 is 9.53 Å². The highest BCUT2D eigenvalue weighted by Gasteiger charge is 2.26. The van der Waals surface area contributed by atoms with Crippen molar-refractivity contribution in [2.24, 2.45) is 0 Å². The Balaban J connectivity index is 0.000000561. The van der Waals surface area contributed by atoms with E-state index in [2.05, 4.69) is 0 Å². The van der Waals surface area contributed by atoms with Crippen molar-refractivity contribution in [1.82, 2.24) is 0 Å². The molecule has 1 aliphatic rings. The number of carbonyl (C=O) groups is 1. The second kappa shape index (κ2) is 4.29. The van der Waals surface area contributed by atoms with Crippen LogP contribution < -0.4 is 0 Å². The Labute approximate surface area is 74.6 Å². The van der Waals surface area contributed by atoms with Crippen molar-refractivity contribution in [2.45, 2.75) is 46.6 Å². The minimum absolute atomic E-state index is 0.161. The zero-order chi connectivity index (χ0) is 9.78. The molecule has 0 aromatic rings. The number of allylic oxidation sites excluding steroid dienone is 2. The number of hydrogen-bond acceptors (Lipinski definition) is 2. The zero-order valence-corrected chi connectivity index (χ0v) is 8.60. The first-order valence-corrected chi connectivity index (χ1v) is 4.40. The van der Waals surface area contributed by atoms with Crippen molar-refractivity contribution in [2.75, 3.05) is 0 Å². The van der Waals surface area contributed by atoms with E-state index in [0.717, 1.165) is 5.76 Å². The first kappa shape index (κ1) is 11.2. The van der Waals surface area contributed by atoms with Crippen LogP contribution in [0.2, 0.25) is 0 Å². The number of rotatable bonds is 0. The lowest BCUT2D eigenvalue weighted by molar-refractivity contribution is -0.121. The monoisotopic (exact) mass is 170 g/mol. The molecule has 0 atom stereocenters. The third-order valence-electron chi connectivity index (χ3n) is 1.40. The molecule has 70 valence electrons. The third-order valence-corrected chi connectivity index (χ3v) is 1.40. The van der Waals surface area contributed by atoms with Gasteiger partial charge in [0.1, 0.15) is 5.60 Å². The summed E-state index contributed by atoms with van der Waals surface area (Å²) in [6.07, 6.45) is 2.04. The molecular weight excluding hydrogens is 152 g/mol. The Bertz CT molecular complexity index is 190. The molecule has 2 heteroatoms. The molecule has 0 fully saturated rings. The first-order chi connectivity index (χ1) is 5.49. The van der Waals surface area contributed by atoms with Crippen LogP contribution in [0.15, 0.2) is 11.8 Å². The van der Waals surface area contributed by atoms with E-state index in [0.29, 0.717) is 6.42 Å². The second-order valence-electron chi connectivity index (χ2n) is 3.26. The molecule has 0 aromatic heterocycles. The number of hydrogen-bond donors (Lipinski definition) is 0. The summed E-state index contributed by atoms with van der Waals surface area (Å²) in [7, 11) is 0. The topological polar surface area (TPSA) is 26.3 Å². The van der Waals surface area contributed by atoms with E-state index in [-0.39, 0.29) is 11.4 Å². The Hall–Kier alpha value is -0.790. The summed E-state index contributed by atoms with van der Waals surface area (Å²) in [5.41, 5.74) is -0.296. The summed E-state index contributed by atoms with van der Waals surface area (Å²) in [6.45, 7) is 9.64. The molecular formula is C10H18O2. The number of ketones is 1. The molecule has 2 nitrogen and oxygen atoms in total. The van der Waals surface area contributed by atoms with Gasteiger partial charge in [0.25, 0.3) is 0 Å². The molecule has 0 amide bonds. The predicted octanol–water partition coefficient (Wildman–Crippen LogP) is 2.68. The Morgan fingerprint density at radius 1 is 1.42 bits per heavy atom. The molecule has 0 spiro atoms. The molecule has 1 rings (SSSR count). The summed E-state index contributed by atoms with van der Waals surface area (Å²) >= 11 is 0. The highest BCUT2D eigenvalue weighted by molar-refractivity contribution is 5.91. The van der Waals surface area contributed by atoms with Crippen LogP contribution in [0.25, 0.3) is 0 Å². The number of carbonyl (C=O) groups excluding carboxylic acids is 1. The van der Waals surface area contributed by atoms with Gasteiger partial charge in [-0.15, -0.1) is 0 Å². The highest BCUT2D eigenvalue weighted by atomic mass is 16.5. The zero-order valence-electron chi connectivity index (χ0n) is 8.60.